The normalized spacial score (nSPS) is 14.8. The third kappa shape index (κ3) is 2.85. The molecule has 0 atom stereocenters. The lowest BCUT2D eigenvalue weighted by Gasteiger charge is -2.13. The number of fused-ring (bicyclic) bond motifs is 2. The van der Waals surface area contributed by atoms with Crippen LogP contribution in [0.3, 0.4) is 0 Å². The zero-order valence-corrected chi connectivity index (χ0v) is 13.5. The zero-order valence-electron chi connectivity index (χ0n) is 13.5. The van der Waals surface area contributed by atoms with Crippen molar-refractivity contribution < 1.29 is 0 Å². The first-order valence-electron chi connectivity index (χ1n) is 7.71. The molecule has 2 aromatic rings. The molecule has 3 rings (SSSR count). The van der Waals surface area contributed by atoms with Crippen molar-refractivity contribution in [3.8, 4) is 0 Å². The molecule has 0 spiro atoms. The minimum absolute atomic E-state index is 1.04. The Balaban J connectivity index is 2.09. The topological polar surface area (TPSA) is 20.2 Å². The third-order valence-electron chi connectivity index (χ3n) is 4.03. The Hall–Kier alpha value is -2.26. The maximum Gasteiger partial charge on any atom is 0.0525 e. The maximum absolute atomic E-state index is 3.24. The number of nitrogens with zero attached hydrogens (tertiary/aromatic N) is 2. The van der Waals surface area contributed by atoms with Crippen molar-refractivity contribution in [1.29, 1.82) is 0 Å². The van der Waals surface area contributed by atoms with Gasteiger partial charge in [-0.2, -0.15) is 0 Å². The predicted molar refractivity (Wildman–Crippen MR) is 95.9 cm³/mol. The van der Waals surface area contributed by atoms with E-state index in [1.165, 1.54) is 22.4 Å². The van der Waals surface area contributed by atoms with Crippen LogP contribution in [0.4, 0.5) is 5.69 Å². The lowest BCUT2D eigenvalue weighted by Crippen LogP contribution is -2.12. The van der Waals surface area contributed by atoms with Crippen molar-refractivity contribution in [2.24, 2.45) is 0 Å². The number of aromatic nitrogens is 1. The highest BCUT2D eigenvalue weighted by atomic mass is 15.0. The van der Waals surface area contributed by atoms with Gasteiger partial charge in [0.25, 0.3) is 0 Å². The van der Waals surface area contributed by atoms with Crippen molar-refractivity contribution >= 4 is 23.5 Å². The minimum Gasteiger partial charge on any atom is -0.388 e. The van der Waals surface area contributed by atoms with Crippen molar-refractivity contribution in [3.63, 3.8) is 0 Å². The van der Waals surface area contributed by atoms with E-state index in [0.717, 1.165) is 18.7 Å². The van der Waals surface area contributed by atoms with Crippen molar-refractivity contribution in [3.05, 3.63) is 59.4 Å². The fourth-order valence-electron chi connectivity index (χ4n) is 2.82. The van der Waals surface area contributed by atoms with Gasteiger partial charge in [0.15, 0.2) is 0 Å². The third-order valence-corrected chi connectivity index (χ3v) is 4.03. The summed E-state index contributed by atoms with van der Waals surface area (Å²) in [5.74, 6) is 0. The van der Waals surface area contributed by atoms with E-state index in [1.54, 1.807) is 0 Å². The van der Waals surface area contributed by atoms with E-state index in [4.69, 9.17) is 0 Å². The monoisotopic (exact) mass is 293 g/mol. The van der Waals surface area contributed by atoms with E-state index in [1.807, 2.05) is 7.05 Å². The van der Waals surface area contributed by atoms with Crippen LogP contribution in [0.1, 0.15) is 23.2 Å². The highest BCUT2D eigenvalue weighted by molar-refractivity contribution is 5.89. The summed E-state index contributed by atoms with van der Waals surface area (Å²) in [5.41, 5.74) is 6.26. The molecule has 3 heteroatoms. The van der Waals surface area contributed by atoms with Gasteiger partial charge in [-0.25, -0.2) is 0 Å². The molecule has 22 heavy (non-hydrogen) atoms. The fraction of sp³-hybridized carbons (Fsp3) is 0.263. The largest absolute Gasteiger partial charge is 0.388 e. The van der Waals surface area contributed by atoms with Gasteiger partial charge in [-0.1, -0.05) is 12.1 Å². The lowest BCUT2D eigenvalue weighted by atomic mass is 9.96. The van der Waals surface area contributed by atoms with Crippen LogP contribution in [0.2, 0.25) is 0 Å². The molecule has 0 radical (unpaired) electrons. The van der Waals surface area contributed by atoms with Gasteiger partial charge >= 0.3 is 0 Å². The SMILES string of the molecule is CNc1ccc2c(c1)/C(=C\CCN(C)C)c1cccn1C=C2. The molecule has 0 bridgehead atoms. The van der Waals surface area contributed by atoms with Crippen LogP contribution in [0.5, 0.6) is 0 Å². The molecule has 1 aromatic carbocycles. The van der Waals surface area contributed by atoms with Crippen molar-refractivity contribution in [1.82, 2.24) is 9.47 Å². The van der Waals surface area contributed by atoms with E-state index >= 15 is 0 Å². The Morgan fingerprint density at radius 3 is 2.86 bits per heavy atom. The first-order chi connectivity index (χ1) is 10.7. The van der Waals surface area contributed by atoms with E-state index < -0.39 is 0 Å². The Bertz CT molecular complexity index is 720. The van der Waals surface area contributed by atoms with Crippen LogP contribution < -0.4 is 5.32 Å². The molecule has 114 valence electrons. The summed E-state index contributed by atoms with van der Waals surface area (Å²) in [4.78, 5) is 2.22. The standard InChI is InChI=1S/C19H23N3/c1-20-16-9-8-15-10-13-22-12-5-7-19(22)17(18(15)14-16)6-4-11-21(2)3/h5-10,12-14,20H,4,11H2,1-3H3/b17-6+. The highest BCUT2D eigenvalue weighted by Gasteiger charge is 2.15. The second-order valence-electron chi connectivity index (χ2n) is 5.88. The number of anilines is 1. The first-order valence-corrected chi connectivity index (χ1v) is 7.71. The zero-order chi connectivity index (χ0) is 15.5. The first kappa shape index (κ1) is 14.7. The van der Waals surface area contributed by atoms with Gasteiger partial charge in [-0.05, 0) is 62.0 Å². The van der Waals surface area contributed by atoms with Crippen LogP contribution in [0.25, 0.3) is 17.8 Å². The molecule has 0 saturated carbocycles. The molecule has 3 nitrogen and oxygen atoms in total. The number of nitrogens with one attached hydrogen (secondary N) is 1. The predicted octanol–water partition coefficient (Wildman–Crippen LogP) is 3.85. The van der Waals surface area contributed by atoms with Gasteiger partial charge in [-0.3, -0.25) is 0 Å². The summed E-state index contributed by atoms with van der Waals surface area (Å²) in [6.45, 7) is 1.05. The van der Waals surface area contributed by atoms with E-state index in [2.05, 4.69) is 83.8 Å². The second kappa shape index (κ2) is 6.24. The highest BCUT2D eigenvalue weighted by Crippen LogP contribution is 2.33. The molecule has 0 saturated heterocycles. The van der Waals surface area contributed by atoms with Crippen LogP contribution in [0, 0.1) is 0 Å². The number of hydrogen-bond acceptors (Lipinski definition) is 2. The van der Waals surface area contributed by atoms with Crippen LogP contribution in [-0.2, 0) is 0 Å². The Morgan fingerprint density at radius 1 is 1.23 bits per heavy atom. The molecule has 0 unspecified atom stereocenters. The lowest BCUT2D eigenvalue weighted by molar-refractivity contribution is 0.417. The summed E-state index contributed by atoms with van der Waals surface area (Å²) < 4.78 is 2.19. The van der Waals surface area contributed by atoms with Gasteiger partial charge in [-0.15, -0.1) is 0 Å². The van der Waals surface area contributed by atoms with E-state index in [9.17, 15) is 0 Å². The Morgan fingerprint density at radius 2 is 2.09 bits per heavy atom. The molecular weight excluding hydrogens is 270 g/mol. The van der Waals surface area contributed by atoms with Gasteiger partial charge < -0.3 is 14.8 Å². The summed E-state index contributed by atoms with van der Waals surface area (Å²) in [6, 6.07) is 10.8. The summed E-state index contributed by atoms with van der Waals surface area (Å²) in [7, 11) is 6.19. The van der Waals surface area contributed by atoms with Gasteiger partial charge in [0.1, 0.15) is 0 Å². The van der Waals surface area contributed by atoms with Gasteiger partial charge in [0.2, 0.25) is 0 Å². The minimum atomic E-state index is 1.04. The van der Waals surface area contributed by atoms with Crippen molar-refractivity contribution in [2.75, 3.05) is 33.0 Å². The van der Waals surface area contributed by atoms with Gasteiger partial charge in [0, 0.05) is 37.2 Å². The number of hydrogen-bond donors (Lipinski definition) is 1. The molecule has 1 N–H and O–H groups in total. The molecule has 1 aromatic heterocycles. The van der Waals surface area contributed by atoms with Crippen LogP contribution in [0.15, 0.2) is 42.6 Å². The van der Waals surface area contributed by atoms with Crippen LogP contribution in [-0.4, -0.2) is 37.2 Å². The number of rotatable bonds is 4. The molecule has 1 aliphatic rings. The smallest absolute Gasteiger partial charge is 0.0525 e. The molecule has 2 heterocycles. The Labute approximate surface area is 132 Å². The van der Waals surface area contributed by atoms with E-state index in [0.29, 0.717) is 0 Å². The molecule has 0 amide bonds. The quantitative estimate of drug-likeness (QED) is 0.788. The summed E-state index contributed by atoms with van der Waals surface area (Å²) in [5, 5.41) is 3.24. The maximum atomic E-state index is 3.24. The average molecular weight is 293 g/mol. The molecular formula is C19H23N3. The number of benzene rings is 1. The average Bonchev–Trinajstić information content (AvgIpc) is 2.92. The van der Waals surface area contributed by atoms with Crippen molar-refractivity contribution in [2.45, 2.75) is 6.42 Å². The summed E-state index contributed by atoms with van der Waals surface area (Å²) >= 11 is 0. The molecule has 0 aliphatic carbocycles. The fourth-order valence-corrected chi connectivity index (χ4v) is 2.82. The summed E-state index contributed by atoms with van der Waals surface area (Å²) in [6.07, 6.45) is 9.83. The molecule has 1 aliphatic heterocycles. The second-order valence-corrected chi connectivity index (χ2v) is 5.88. The Kier molecular flexibility index (Phi) is 4.16. The molecule has 0 fully saturated rings. The van der Waals surface area contributed by atoms with Gasteiger partial charge in [0.05, 0.1) is 5.69 Å². The van der Waals surface area contributed by atoms with Crippen LogP contribution >= 0.6 is 0 Å². The van der Waals surface area contributed by atoms with E-state index in [-0.39, 0.29) is 0 Å².